The normalized spacial score (nSPS) is 15.4. The van der Waals surface area contributed by atoms with Gasteiger partial charge in [-0.3, -0.25) is 0 Å². The predicted molar refractivity (Wildman–Crippen MR) is 56.4 cm³/mol. The molecule has 0 aliphatic heterocycles. The molecule has 0 spiro atoms. The summed E-state index contributed by atoms with van der Waals surface area (Å²) in [6, 6.07) is 9.34. The summed E-state index contributed by atoms with van der Waals surface area (Å²) >= 11 is 0. The molecule has 80 valence electrons. The molecule has 15 heavy (non-hydrogen) atoms. The number of nitrogens with one attached hydrogen (secondary N) is 1. The first-order chi connectivity index (χ1) is 7.22. The summed E-state index contributed by atoms with van der Waals surface area (Å²) in [5.74, 6) is 0. The van der Waals surface area contributed by atoms with Gasteiger partial charge >= 0.3 is 0 Å². The Balaban J connectivity index is 2.36. The van der Waals surface area contributed by atoms with E-state index in [-0.39, 0.29) is 0 Å². The van der Waals surface area contributed by atoms with E-state index in [0.717, 1.165) is 10.9 Å². The van der Waals surface area contributed by atoms with E-state index < -0.39 is 18.8 Å². The van der Waals surface area contributed by atoms with Crippen molar-refractivity contribution in [3.8, 4) is 0 Å². The quantitative estimate of drug-likeness (QED) is 0.593. The van der Waals surface area contributed by atoms with Gasteiger partial charge in [0.25, 0.3) is 0 Å². The van der Waals surface area contributed by atoms with Crippen molar-refractivity contribution in [1.29, 1.82) is 0 Å². The van der Waals surface area contributed by atoms with E-state index in [1.807, 2.05) is 24.3 Å². The molecule has 0 fully saturated rings. The smallest absolute Gasteiger partial charge is 0.122 e. The lowest BCUT2D eigenvalue weighted by atomic mass is 10.1. The molecular formula is C11H13NO3. The molecule has 4 N–H and O–H groups in total. The zero-order chi connectivity index (χ0) is 10.8. The minimum atomic E-state index is -1.15. The fraction of sp³-hybridized carbons (Fsp3) is 0.273. The van der Waals surface area contributed by atoms with Crippen LogP contribution >= 0.6 is 0 Å². The summed E-state index contributed by atoms with van der Waals surface area (Å²) in [5.41, 5.74) is 1.41. The standard InChI is InChI=1S/C11H13NO3/c13-6-10(14)11(15)9-5-7-3-1-2-4-8(7)12-9/h1-5,10-15H,6H2. The van der Waals surface area contributed by atoms with Crippen LogP contribution in [0.4, 0.5) is 0 Å². The topological polar surface area (TPSA) is 76.5 Å². The third-order valence-corrected chi connectivity index (χ3v) is 2.42. The number of aliphatic hydroxyl groups excluding tert-OH is 3. The van der Waals surface area contributed by atoms with E-state index in [4.69, 9.17) is 5.11 Å². The van der Waals surface area contributed by atoms with E-state index in [9.17, 15) is 10.2 Å². The van der Waals surface area contributed by atoms with Crippen molar-refractivity contribution in [3.05, 3.63) is 36.0 Å². The number of aromatic amines is 1. The number of hydrogen-bond donors (Lipinski definition) is 4. The van der Waals surface area contributed by atoms with Gasteiger partial charge in [-0.25, -0.2) is 0 Å². The first-order valence-electron chi connectivity index (χ1n) is 4.77. The van der Waals surface area contributed by atoms with E-state index >= 15 is 0 Å². The Bertz CT molecular complexity index is 419. The summed E-state index contributed by atoms with van der Waals surface area (Å²) in [4.78, 5) is 2.99. The van der Waals surface area contributed by atoms with Gasteiger partial charge in [0.05, 0.1) is 6.61 Å². The molecule has 0 amide bonds. The van der Waals surface area contributed by atoms with Crippen LogP contribution < -0.4 is 0 Å². The van der Waals surface area contributed by atoms with Crippen LogP contribution in [0.2, 0.25) is 0 Å². The fourth-order valence-electron chi connectivity index (χ4n) is 1.56. The second kappa shape index (κ2) is 4.02. The highest BCUT2D eigenvalue weighted by molar-refractivity contribution is 5.80. The van der Waals surface area contributed by atoms with Gasteiger partial charge in [-0.15, -0.1) is 0 Å². The van der Waals surface area contributed by atoms with E-state index in [0.29, 0.717) is 5.69 Å². The van der Waals surface area contributed by atoms with Crippen LogP contribution in [0.15, 0.2) is 30.3 Å². The number of aromatic nitrogens is 1. The van der Waals surface area contributed by atoms with Gasteiger partial charge in [0.2, 0.25) is 0 Å². The molecule has 1 heterocycles. The van der Waals surface area contributed by atoms with Crippen LogP contribution in [0.1, 0.15) is 11.8 Å². The lowest BCUT2D eigenvalue weighted by molar-refractivity contribution is -0.0169. The number of hydrogen-bond acceptors (Lipinski definition) is 3. The number of para-hydroxylation sites is 1. The van der Waals surface area contributed by atoms with E-state index in [1.54, 1.807) is 6.07 Å². The fourth-order valence-corrected chi connectivity index (χ4v) is 1.56. The summed E-state index contributed by atoms with van der Waals surface area (Å²) < 4.78 is 0. The minimum Gasteiger partial charge on any atom is -0.394 e. The Kier molecular flexibility index (Phi) is 2.73. The second-order valence-electron chi connectivity index (χ2n) is 3.51. The first kappa shape index (κ1) is 10.2. The van der Waals surface area contributed by atoms with Crippen LogP contribution in [0, 0.1) is 0 Å². The third kappa shape index (κ3) is 1.87. The second-order valence-corrected chi connectivity index (χ2v) is 3.51. The highest BCUT2D eigenvalue weighted by atomic mass is 16.4. The first-order valence-corrected chi connectivity index (χ1v) is 4.77. The Hall–Kier alpha value is -1.36. The van der Waals surface area contributed by atoms with Crippen LogP contribution in [-0.2, 0) is 0 Å². The van der Waals surface area contributed by atoms with Crippen molar-refractivity contribution in [3.63, 3.8) is 0 Å². The van der Waals surface area contributed by atoms with Gasteiger partial charge < -0.3 is 20.3 Å². The largest absolute Gasteiger partial charge is 0.394 e. The molecule has 2 atom stereocenters. The molecule has 4 heteroatoms. The van der Waals surface area contributed by atoms with Crippen LogP contribution in [0.25, 0.3) is 10.9 Å². The van der Waals surface area contributed by atoms with Crippen molar-refractivity contribution in [2.24, 2.45) is 0 Å². The zero-order valence-electron chi connectivity index (χ0n) is 8.09. The molecule has 1 aromatic carbocycles. The molecule has 2 rings (SSSR count). The van der Waals surface area contributed by atoms with Crippen molar-refractivity contribution in [1.82, 2.24) is 4.98 Å². The number of fused-ring (bicyclic) bond motifs is 1. The van der Waals surface area contributed by atoms with E-state index in [1.165, 1.54) is 0 Å². The monoisotopic (exact) mass is 207 g/mol. The number of rotatable bonds is 3. The molecule has 2 aromatic rings. The Morgan fingerprint density at radius 1 is 1.20 bits per heavy atom. The van der Waals surface area contributed by atoms with E-state index in [2.05, 4.69) is 4.98 Å². The Labute approximate surface area is 86.8 Å². The van der Waals surface area contributed by atoms with Gasteiger partial charge in [0, 0.05) is 11.2 Å². The minimum absolute atomic E-state index is 0.462. The van der Waals surface area contributed by atoms with Gasteiger partial charge in [-0.05, 0) is 17.5 Å². The molecule has 0 saturated carbocycles. The lowest BCUT2D eigenvalue weighted by Crippen LogP contribution is -2.22. The lowest BCUT2D eigenvalue weighted by Gasteiger charge is -2.13. The summed E-state index contributed by atoms with van der Waals surface area (Å²) in [6.45, 7) is -0.462. The molecule has 0 radical (unpaired) electrons. The molecule has 0 saturated heterocycles. The van der Waals surface area contributed by atoms with Gasteiger partial charge in [-0.2, -0.15) is 0 Å². The maximum Gasteiger partial charge on any atom is 0.122 e. The van der Waals surface area contributed by atoms with Crippen molar-refractivity contribution in [2.75, 3.05) is 6.61 Å². The molecule has 0 aliphatic rings. The molecule has 4 nitrogen and oxygen atoms in total. The maximum atomic E-state index is 9.65. The number of benzene rings is 1. The molecule has 0 bridgehead atoms. The Morgan fingerprint density at radius 3 is 2.60 bits per heavy atom. The molecule has 1 aromatic heterocycles. The predicted octanol–water partition coefficient (Wildman–Crippen LogP) is 0.555. The van der Waals surface area contributed by atoms with Gasteiger partial charge in [0.1, 0.15) is 12.2 Å². The van der Waals surface area contributed by atoms with Crippen LogP contribution in [0.5, 0.6) is 0 Å². The van der Waals surface area contributed by atoms with Gasteiger partial charge in [-0.1, -0.05) is 18.2 Å². The van der Waals surface area contributed by atoms with Crippen molar-refractivity contribution < 1.29 is 15.3 Å². The summed E-state index contributed by atoms with van der Waals surface area (Å²) in [5, 5.41) is 28.6. The Morgan fingerprint density at radius 2 is 1.93 bits per heavy atom. The van der Waals surface area contributed by atoms with Crippen LogP contribution in [-0.4, -0.2) is 33.0 Å². The number of H-pyrrole nitrogens is 1. The van der Waals surface area contributed by atoms with Gasteiger partial charge in [0.15, 0.2) is 0 Å². The third-order valence-electron chi connectivity index (χ3n) is 2.42. The zero-order valence-corrected chi connectivity index (χ0v) is 8.09. The highest BCUT2D eigenvalue weighted by Crippen LogP contribution is 2.21. The van der Waals surface area contributed by atoms with Crippen LogP contribution in [0.3, 0.4) is 0 Å². The highest BCUT2D eigenvalue weighted by Gasteiger charge is 2.18. The summed E-state index contributed by atoms with van der Waals surface area (Å²) in [7, 11) is 0. The SMILES string of the molecule is OCC(O)C(O)c1cc2ccccc2[nH]1. The maximum absolute atomic E-state index is 9.65. The molecular weight excluding hydrogens is 194 g/mol. The van der Waals surface area contributed by atoms with Crippen molar-refractivity contribution >= 4 is 10.9 Å². The average Bonchev–Trinajstić information content (AvgIpc) is 2.70. The molecule has 0 aliphatic carbocycles. The molecule has 2 unspecified atom stereocenters. The summed E-state index contributed by atoms with van der Waals surface area (Å²) in [6.07, 6.45) is -2.24. The van der Waals surface area contributed by atoms with Crippen molar-refractivity contribution in [2.45, 2.75) is 12.2 Å². The average molecular weight is 207 g/mol. The number of aliphatic hydroxyl groups is 3.